The Kier molecular flexibility index (Phi) is 17.7. The SMILES string of the molecule is Cc1cc(Cl)cc(-c2ccnc3cc(CN4C(=O)CCC4=O)sc23)c1OC1CCN(CCCNC(=O)CCOCCOCCNC(=O)COCCOc2ccc3c4c(c(=O)oc3c2)CCCC4)CC1. The Labute approximate surface area is 409 Å². The predicted octanol–water partition coefficient (Wildman–Crippen LogP) is 6.54. The van der Waals surface area contributed by atoms with Crippen molar-refractivity contribution in [3.63, 3.8) is 0 Å². The highest BCUT2D eigenvalue weighted by molar-refractivity contribution is 7.19. The number of halogens is 1. The second-order valence-electron chi connectivity index (χ2n) is 17.6. The first-order valence-corrected chi connectivity index (χ1v) is 25.2. The number of fused-ring (bicyclic) bond motifs is 4. The number of piperidine rings is 1. The van der Waals surface area contributed by atoms with E-state index >= 15 is 0 Å². The number of carbonyl (C=O) groups excluding carboxylic acids is 4. The van der Waals surface area contributed by atoms with Gasteiger partial charge in [-0.05, 0) is 106 Å². The van der Waals surface area contributed by atoms with Crippen LogP contribution in [0.5, 0.6) is 11.5 Å². The maximum Gasteiger partial charge on any atom is 0.339 e. The molecule has 2 aliphatic heterocycles. The lowest BCUT2D eigenvalue weighted by Gasteiger charge is -2.33. The minimum absolute atomic E-state index is 0.0282. The number of aromatic nitrogens is 1. The van der Waals surface area contributed by atoms with E-state index < -0.39 is 0 Å². The molecule has 2 aromatic carbocycles. The van der Waals surface area contributed by atoms with Crippen molar-refractivity contribution in [2.24, 2.45) is 0 Å². The molecule has 5 heterocycles. The highest BCUT2D eigenvalue weighted by atomic mass is 35.5. The van der Waals surface area contributed by atoms with Crippen LogP contribution in [0.1, 0.15) is 72.9 Å². The van der Waals surface area contributed by atoms with Crippen LogP contribution < -0.4 is 25.7 Å². The van der Waals surface area contributed by atoms with E-state index in [2.05, 4.69) is 20.5 Å². The predicted molar refractivity (Wildman–Crippen MR) is 262 cm³/mol. The van der Waals surface area contributed by atoms with Crippen molar-refractivity contribution in [1.82, 2.24) is 25.4 Å². The number of likely N-dealkylation sites (tertiary alicyclic amines) is 2. The van der Waals surface area contributed by atoms with Gasteiger partial charge < -0.3 is 43.6 Å². The number of nitrogens with zero attached hydrogens (tertiary/aromatic N) is 3. The van der Waals surface area contributed by atoms with Gasteiger partial charge in [-0.15, -0.1) is 11.3 Å². The number of nitrogens with one attached hydrogen (secondary N) is 2. The van der Waals surface area contributed by atoms with Gasteiger partial charge in [0.1, 0.15) is 36.4 Å². The summed E-state index contributed by atoms with van der Waals surface area (Å²) in [6.07, 6.45) is 8.86. The second-order valence-corrected chi connectivity index (χ2v) is 19.1. The normalized spacial score (nSPS) is 15.5. The van der Waals surface area contributed by atoms with Crippen LogP contribution in [0, 0.1) is 6.92 Å². The first-order chi connectivity index (χ1) is 33.6. The van der Waals surface area contributed by atoms with Gasteiger partial charge in [-0.25, -0.2) is 4.79 Å². The minimum atomic E-state index is -0.266. The molecule has 0 bridgehead atoms. The maximum absolute atomic E-state index is 12.4. The summed E-state index contributed by atoms with van der Waals surface area (Å²) < 4.78 is 35.5. The summed E-state index contributed by atoms with van der Waals surface area (Å²) in [7, 11) is 0. The van der Waals surface area contributed by atoms with E-state index in [1.54, 1.807) is 12.3 Å². The average Bonchev–Trinajstić information content (AvgIpc) is 3.91. The van der Waals surface area contributed by atoms with Crippen LogP contribution >= 0.6 is 22.9 Å². The molecule has 2 fully saturated rings. The molecule has 0 saturated carbocycles. The molecule has 3 aromatic heterocycles. The molecule has 3 aliphatic rings. The molecule has 368 valence electrons. The molecule has 8 rings (SSSR count). The Morgan fingerprint density at radius 3 is 2.39 bits per heavy atom. The van der Waals surface area contributed by atoms with Gasteiger partial charge in [0.25, 0.3) is 0 Å². The molecule has 0 radical (unpaired) electrons. The number of aryl methyl sites for hydroxylation is 2. The lowest BCUT2D eigenvalue weighted by Crippen LogP contribution is -2.39. The van der Waals surface area contributed by atoms with E-state index in [0.717, 1.165) is 119 Å². The summed E-state index contributed by atoms with van der Waals surface area (Å²) >= 11 is 8.14. The van der Waals surface area contributed by atoms with Crippen molar-refractivity contribution in [2.75, 3.05) is 79.0 Å². The third-order valence-electron chi connectivity index (χ3n) is 12.6. The van der Waals surface area contributed by atoms with Gasteiger partial charge in [-0.2, -0.15) is 0 Å². The zero-order chi connectivity index (χ0) is 48.1. The lowest BCUT2D eigenvalue weighted by atomic mass is 9.91. The molecule has 69 heavy (non-hydrogen) atoms. The zero-order valence-electron chi connectivity index (χ0n) is 39.1. The van der Waals surface area contributed by atoms with Crippen LogP contribution in [-0.2, 0) is 52.8 Å². The molecule has 18 heteroatoms. The Hall–Kier alpha value is -5.43. The van der Waals surface area contributed by atoms with Gasteiger partial charge in [0.2, 0.25) is 23.6 Å². The third-order valence-corrected chi connectivity index (χ3v) is 14.0. The molecule has 1 aliphatic carbocycles. The van der Waals surface area contributed by atoms with Crippen molar-refractivity contribution < 1.29 is 47.3 Å². The Bertz CT molecular complexity index is 2670. The van der Waals surface area contributed by atoms with Gasteiger partial charge >= 0.3 is 5.63 Å². The number of ether oxygens (including phenoxy) is 5. The molecular formula is C51H60ClN5O11S. The highest BCUT2D eigenvalue weighted by Crippen LogP contribution is 2.42. The molecule has 16 nitrogen and oxygen atoms in total. The number of carbonyl (C=O) groups is 4. The van der Waals surface area contributed by atoms with Crippen LogP contribution in [0.4, 0.5) is 0 Å². The van der Waals surface area contributed by atoms with Crippen molar-refractivity contribution in [3.05, 3.63) is 85.7 Å². The molecule has 0 atom stereocenters. The molecule has 2 N–H and O–H groups in total. The van der Waals surface area contributed by atoms with Gasteiger partial charge in [0.15, 0.2) is 0 Å². The standard InChI is InChI=1S/C51H60ClN5O11S/c1-33-27-34(52)28-42(40-11-16-53-43-30-37(69-50(40)43)31-57-47(60)9-10-48(57)61)49(33)67-35-12-19-56(20-13-35)18-4-15-54-45(58)14-21-63-23-24-64-22-17-55-46(59)32-65-25-26-66-36-7-8-39-38-5-2-3-6-41(38)51(62)68-44(39)29-36/h7-8,11,16,27-30,35H,2-6,9-10,12-15,17-26,31-32H2,1H3,(H,54,58)(H,55,59). The number of rotatable bonds is 24. The number of hydrogen-bond donors (Lipinski definition) is 2. The smallest absolute Gasteiger partial charge is 0.339 e. The molecule has 0 spiro atoms. The average molecular weight is 987 g/mol. The lowest BCUT2D eigenvalue weighted by molar-refractivity contribution is -0.139. The van der Waals surface area contributed by atoms with E-state index in [4.69, 9.17) is 39.7 Å². The fraction of sp³-hybridized carbons (Fsp3) is 0.490. The highest BCUT2D eigenvalue weighted by Gasteiger charge is 2.30. The third kappa shape index (κ3) is 13.5. The first kappa shape index (κ1) is 50.0. The van der Waals surface area contributed by atoms with E-state index in [0.29, 0.717) is 49.3 Å². The quantitative estimate of drug-likeness (QED) is 0.0386. The van der Waals surface area contributed by atoms with Crippen molar-refractivity contribution >= 4 is 67.8 Å². The summed E-state index contributed by atoms with van der Waals surface area (Å²) in [4.78, 5) is 70.7. The summed E-state index contributed by atoms with van der Waals surface area (Å²) in [5.74, 6) is 0.765. The maximum atomic E-state index is 12.4. The number of imide groups is 1. The van der Waals surface area contributed by atoms with Crippen LogP contribution in [0.25, 0.3) is 32.3 Å². The summed E-state index contributed by atoms with van der Waals surface area (Å²) in [5.41, 5.74) is 5.72. The molecule has 2 saturated heterocycles. The van der Waals surface area contributed by atoms with Crippen LogP contribution in [0.15, 0.2) is 57.9 Å². The van der Waals surface area contributed by atoms with E-state index in [-0.39, 0.29) is 87.6 Å². The molecule has 5 aromatic rings. The number of thiophene rings is 1. The minimum Gasteiger partial charge on any atom is -0.491 e. The van der Waals surface area contributed by atoms with Gasteiger partial charge in [-0.1, -0.05) is 11.6 Å². The largest absolute Gasteiger partial charge is 0.491 e. The van der Waals surface area contributed by atoms with E-state index in [9.17, 15) is 24.0 Å². The van der Waals surface area contributed by atoms with Crippen LogP contribution in [0.2, 0.25) is 5.02 Å². The number of benzene rings is 2. The van der Waals surface area contributed by atoms with E-state index in [1.807, 2.05) is 43.3 Å². The molecule has 4 amide bonds. The fourth-order valence-corrected chi connectivity index (χ4v) is 10.5. The molecular weight excluding hydrogens is 926 g/mol. The summed E-state index contributed by atoms with van der Waals surface area (Å²) in [6.45, 7) is 7.43. The van der Waals surface area contributed by atoms with Gasteiger partial charge in [0.05, 0.1) is 49.8 Å². The topological polar surface area (TPSA) is 188 Å². The number of pyridine rings is 1. The summed E-state index contributed by atoms with van der Waals surface area (Å²) in [6, 6.07) is 13.3. The van der Waals surface area contributed by atoms with Crippen LogP contribution in [-0.4, -0.2) is 123 Å². The fourth-order valence-electron chi connectivity index (χ4n) is 9.05. The van der Waals surface area contributed by atoms with Crippen molar-refractivity contribution in [3.8, 4) is 22.6 Å². The Morgan fingerprint density at radius 1 is 0.826 bits per heavy atom. The van der Waals surface area contributed by atoms with Gasteiger partial charge in [0, 0.05) is 89.7 Å². The van der Waals surface area contributed by atoms with E-state index in [1.165, 1.54) is 16.2 Å². The zero-order valence-corrected chi connectivity index (χ0v) is 40.7. The number of hydrogen-bond acceptors (Lipinski definition) is 14. The Balaban J connectivity index is 0.639. The van der Waals surface area contributed by atoms with Crippen molar-refractivity contribution in [1.29, 1.82) is 0 Å². The summed E-state index contributed by atoms with van der Waals surface area (Å²) in [5, 5.41) is 7.30. The number of amides is 4. The Morgan fingerprint density at radius 2 is 1.58 bits per heavy atom. The second kappa shape index (κ2) is 24.4. The van der Waals surface area contributed by atoms with Crippen molar-refractivity contribution in [2.45, 2.75) is 83.8 Å². The molecule has 0 unspecified atom stereocenters. The van der Waals surface area contributed by atoms with Crippen LogP contribution in [0.3, 0.4) is 0 Å². The monoisotopic (exact) mass is 985 g/mol. The van der Waals surface area contributed by atoms with Gasteiger partial charge in [-0.3, -0.25) is 29.1 Å². The first-order valence-electron chi connectivity index (χ1n) is 24.0.